The van der Waals surface area contributed by atoms with Crippen LogP contribution in [-0.4, -0.2) is 29.4 Å². The van der Waals surface area contributed by atoms with Crippen molar-refractivity contribution >= 4 is 17.6 Å². The van der Waals surface area contributed by atoms with E-state index in [9.17, 15) is 14.7 Å². The Hall–Kier alpha value is -3.02. The number of nitrogens with zero attached hydrogens (tertiary/aromatic N) is 1. The Bertz CT molecular complexity index is 821. The summed E-state index contributed by atoms with van der Waals surface area (Å²) in [7, 11) is 0. The molecule has 0 aromatic heterocycles. The molecular weight excluding hydrogens is 332 g/mol. The van der Waals surface area contributed by atoms with Crippen LogP contribution in [0.2, 0.25) is 0 Å². The van der Waals surface area contributed by atoms with E-state index in [0.717, 1.165) is 12.1 Å². The third-order valence-electron chi connectivity index (χ3n) is 4.59. The Labute approximate surface area is 152 Å². The molecule has 0 bridgehead atoms. The minimum atomic E-state index is -1.29. The molecule has 1 N–H and O–H groups in total. The number of carboxylic acid groups (broad SMARTS) is 1. The Kier molecular flexibility index (Phi) is 5.11. The van der Waals surface area contributed by atoms with Crippen LogP contribution >= 0.6 is 0 Å². The molecule has 1 heterocycles. The van der Waals surface area contributed by atoms with Crippen molar-refractivity contribution in [2.45, 2.75) is 32.5 Å². The third-order valence-corrected chi connectivity index (χ3v) is 4.59. The highest BCUT2D eigenvalue weighted by Crippen LogP contribution is 2.38. The standard InChI is InChI=1S/C20H22N2O4/c1-3-13(2)22-19(21-16-10-6-4-8-14(16)20(22)25)15-9-5-7-11-17(15)26-12-18(23)24/h4-11,13,19,21H,3,12H2,1-2H3,(H,23,24)/p-1/t13-,19+/m1/s1. The van der Waals surface area contributed by atoms with Crippen LogP contribution in [0, 0.1) is 0 Å². The van der Waals surface area contributed by atoms with E-state index in [2.05, 4.69) is 5.32 Å². The molecule has 136 valence electrons. The topological polar surface area (TPSA) is 81.7 Å². The Balaban J connectivity index is 2.05. The van der Waals surface area contributed by atoms with Crippen LogP contribution in [0.5, 0.6) is 5.75 Å². The molecule has 2 aromatic carbocycles. The lowest BCUT2D eigenvalue weighted by molar-refractivity contribution is -0.307. The van der Waals surface area contributed by atoms with Crippen molar-refractivity contribution in [3.63, 3.8) is 0 Å². The largest absolute Gasteiger partial charge is 0.546 e. The summed E-state index contributed by atoms with van der Waals surface area (Å²) in [6, 6.07) is 14.5. The van der Waals surface area contributed by atoms with Gasteiger partial charge in [0.2, 0.25) is 0 Å². The van der Waals surface area contributed by atoms with Gasteiger partial charge in [0.15, 0.2) is 0 Å². The fraction of sp³-hybridized carbons (Fsp3) is 0.300. The van der Waals surface area contributed by atoms with Gasteiger partial charge < -0.3 is 24.9 Å². The zero-order valence-corrected chi connectivity index (χ0v) is 14.8. The molecule has 6 heteroatoms. The second-order valence-electron chi connectivity index (χ2n) is 6.26. The maximum atomic E-state index is 13.1. The Morgan fingerprint density at radius 1 is 1.23 bits per heavy atom. The number of nitrogens with one attached hydrogen (secondary N) is 1. The highest BCUT2D eigenvalue weighted by atomic mass is 16.5. The zero-order valence-electron chi connectivity index (χ0n) is 14.8. The van der Waals surface area contributed by atoms with E-state index in [4.69, 9.17) is 4.74 Å². The molecule has 6 nitrogen and oxygen atoms in total. The summed E-state index contributed by atoms with van der Waals surface area (Å²) < 4.78 is 5.40. The summed E-state index contributed by atoms with van der Waals surface area (Å²) in [5.41, 5.74) is 2.07. The maximum Gasteiger partial charge on any atom is 0.258 e. The van der Waals surface area contributed by atoms with Crippen LogP contribution in [0.3, 0.4) is 0 Å². The molecule has 3 rings (SSSR count). The molecule has 0 spiro atoms. The number of para-hydroxylation sites is 2. The van der Waals surface area contributed by atoms with E-state index < -0.39 is 18.7 Å². The molecule has 26 heavy (non-hydrogen) atoms. The van der Waals surface area contributed by atoms with Gasteiger partial charge in [0.05, 0.1) is 11.5 Å². The van der Waals surface area contributed by atoms with Gasteiger partial charge in [0, 0.05) is 17.3 Å². The van der Waals surface area contributed by atoms with E-state index >= 15 is 0 Å². The number of ether oxygens (including phenoxy) is 1. The lowest BCUT2D eigenvalue weighted by Gasteiger charge is -2.42. The minimum absolute atomic E-state index is 0.0115. The molecule has 0 aliphatic carbocycles. The number of anilines is 1. The van der Waals surface area contributed by atoms with Gasteiger partial charge >= 0.3 is 0 Å². The van der Waals surface area contributed by atoms with Crippen LogP contribution in [0.4, 0.5) is 5.69 Å². The van der Waals surface area contributed by atoms with Gasteiger partial charge in [0.25, 0.3) is 5.91 Å². The van der Waals surface area contributed by atoms with Gasteiger partial charge in [-0.25, -0.2) is 0 Å². The molecule has 2 atom stereocenters. The van der Waals surface area contributed by atoms with Gasteiger partial charge in [-0.3, -0.25) is 4.79 Å². The lowest BCUT2D eigenvalue weighted by atomic mass is 10.0. The Morgan fingerprint density at radius 3 is 2.65 bits per heavy atom. The average Bonchev–Trinajstić information content (AvgIpc) is 2.66. The summed E-state index contributed by atoms with van der Waals surface area (Å²) in [5, 5.41) is 14.2. The number of aliphatic carboxylic acids is 1. The number of hydrogen-bond acceptors (Lipinski definition) is 5. The smallest absolute Gasteiger partial charge is 0.258 e. The summed E-state index contributed by atoms with van der Waals surface area (Å²) in [6.07, 6.45) is 0.332. The third kappa shape index (κ3) is 3.35. The van der Waals surface area contributed by atoms with Crippen LogP contribution in [-0.2, 0) is 4.79 Å². The van der Waals surface area contributed by atoms with Crippen molar-refractivity contribution in [3.05, 3.63) is 59.7 Å². The van der Waals surface area contributed by atoms with Crippen molar-refractivity contribution in [2.75, 3.05) is 11.9 Å². The first-order valence-corrected chi connectivity index (χ1v) is 8.62. The summed E-state index contributed by atoms with van der Waals surface area (Å²) >= 11 is 0. The SMILES string of the molecule is CC[C@@H](C)N1C(=O)c2ccccc2N[C@@H]1c1ccccc1OCC(=O)[O-]. The minimum Gasteiger partial charge on any atom is -0.546 e. The molecule has 0 fully saturated rings. The van der Waals surface area contributed by atoms with Crippen LogP contribution < -0.4 is 15.2 Å². The fourth-order valence-corrected chi connectivity index (χ4v) is 3.12. The number of carboxylic acids is 1. The predicted octanol–water partition coefficient (Wildman–Crippen LogP) is 2.18. The van der Waals surface area contributed by atoms with Crippen molar-refractivity contribution in [1.82, 2.24) is 4.90 Å². The van der Waals surface area contributed by atoms with Gasteiger partial charge in [-0.1, -0.05) is 37.3 Å². The molecule has 0 radical (unpaired) electrons. The molecule has 0 saturated carbocycles. The van der Waals surface area contributed by atoms with Crippen molar-refractivity contribution in [1.29, 1.82) is 0 Å². The Morgan fingerprint density at radius 2 is 1.92 bits per heavy atom. The molecule has 1 aliphatic heterocycles. The van der Waals surface area contributed by atoms with Crippen molar-refractivity contribution < 1.29 is 19.4 Å². The quantitative estimate of drug-likeness (QED) is 0.861. The van der Waals surface area contributed by atoms with Crippen LogP contribution in [0.25, 0.3) is 0 Å². The number of carbonyl (C=O) groups excluding carboxylic acids is 2. The van der Waals surface area contributed by atoms with E-state index in [1.807, 2.05) is 44.2 Å². The first-order chi connectivity index (χ1) is 12.5. The molecular formula is C20H21N2O4-. The number of carbonyl (C=O) groups is 2. The second-order valence-corrected chi connectivity index (χ2v) is 6.26. The first-order valence-electron chi connectivity index (χ1n) is 8.62. The average molecular weight is 353 g/mol. The maximum absolute atomic E-state index is 13.1. The monoisotopic (exact) mass is 353 g/mol. The van der Waals surface area contributed by atoms with Crippen LogP contribution in [0.15, 0.2) is 48.5 Å². The molecule has 1 aliphatic rings. The van der Waals surface area contributed by atoms with Gasteiger partial charge in [0.1, 0.15) is 18.5 Å². The second kappa shape index (κ2) is 7.47. The predicted molar refractivity (Wildman–Crippen MR) is 95.7 cm³/mol. The number of benzene rings is 2. The fourth-order valence-electron chi connectivity index (χ4n) is 3.12. The number of hydrogen-bond donors (Lipinski definition) is 1. The first kappa shape index (κ1) is 17.8. The van der Waals surface area contributed by atoms with E-state index in [0.29, 0.717) is 16.9 Å². The summed E-state index contributed by atoms with van der Waals surface area (Å²) in [6.45, 7) is 3.47. The van der Waals surface area contributed by atoms with Gasteiger partial charge in [-0.2, -0.15) is 0 Å². The molecule has 0 unspecified atom stereocenters. The number of fused-ring (bicyclic) bond motifs is 1. The molecule has 1 amide bonds. The van der Waals surface area contributed by atoms with Gasteiger partial charge in [-0.05, 0) is 31.5 Å². The zero-order chi connectivity index (χ0) is 18.7. The molecule has 2 aromatic rings. The number of amides is 1. The van der Waals surface area contributed by atoms with Crippen LogP contribution in [0.1, 0.15) is 42.4 Å². The lowest BCUT2D eigenvalue weighted by Crippen LogP contribution is -2.47. The molecule has 0 saturated heterocycles. The van der Waals surface area contributed by atoms with E-state index in [1.54, 1.807) is 23.1 Å². The van der Waals surface area contributed by atoms with Crippen molar-refractivity contribution in [3.8, 4) is 5.75 Å². The summed E-state index contributed by atoms with van der Waals surface area (Å²) in [4.78, 5) is 25.7. The van der Waals surface area contributed by atoms with Gasteiger partial charge in [-0.15, -0.1) is 0 Å². The van der Waals surface area contributed by atoms with Crippen molar-refractivity contribution in [2.24, 2.45) is 0 Å². The highest BCUT2D eigenvalue weighted by Gasteiger charge is 2.36. The highest BCUT2D eigenvalue weighted by molar-refractivity contribution is 6.02. The van der Waals surface area contributed by atoms with E-state index in [1.165, 1.54) is 0 Å². The van der Waals surface area contributed by atoms with E-state index in [-0.39, 0.29) is 11.9 Å². The summed E-state index contributed by atoms with van der Waals surface area (Å²) in [5.74, 6) is -0.945. The number of rotatable bonds is 6. The normalized spacial score (nSPS) is 17.2.